The normalized spacial score (nSPS) is 23.0. The number of carbonyl (C=O) groups is 1. The molecule has 0 saturated carbocycles. The van der Waals surface area contributed by atoms with Crippen LogP contribution in [0, 0.1) is 5.92 Å². The first kappa shape index (κ1) is 13.1. The van der Waals surface area contributed by atoms with E-state index in [1.807, 2.05) is 31.2 Å². The fourth-order valence-electron chi connectivity index (χ4n) is 2.13. The third-order valence-corrected chi connectivity index (χ3v) is 3.19. The van der Waals surface area contributed by atoms with Crippen molar-refractivity contribution >= 4 is 11.6 Å². The second-order valence-corrected chi connectivity index (χ2v) is 4.74. The number of ether oxygens (including phenoxy) is 1. The summed E-state index contributed by atoms with van der Waals surface area (Å²) in [6.45, 7) is 2.63. The van der Waals surface area contributed by atoms with Gasteiger partial charge in [-0.3, -0.25) is 4.79 Å². The van der Waals surface area contributed by atoms with Gasteiger partial charge in [0.15, 0.2) is 0 Å². The summed E-state index contributed by atoms with van der Waals surface area (Å²) in [5.74, 6) is -0.0219. The van der Waals surface area contributed by atoms with Gasteiger partial charge < -0.3 is 15.2 Å². The van der Waals surface area contributed by atoms with Gasteiger partial charge in [0, 0.05) is 12.3 Å². The third-order valence-electron chi connectivity index (χ3n) is 3.19. The Balaban J connectivity index is 1.90. The molecule has 1 saturated heterocycles. The summed E-state index contributed by atoms with van der Waals surface area (Å²) in [6.07, 6.45) is 1.60. The lowest BCUT2D eigenvalue weighted by Gasteiger charge is -2.09. The van der Waals surface area contributed by atoms with Crippen molar-refractivity contribution in [1.82, 2.24) is 0 Å². The summed E-state index contributed by atoms with van der Waals surface area (Å²) in [4.78, 5) is 11.9. The molecule has 2 unspecified atom stereocenters. The predicted octanol–water partition coefficient (Wildman–Crippen LogP) is 1.58. The lowest BCUT2D eigenvalue weighted by molar-refractivity contribution is -0.119. The molecule has 1 amide bonds. The van der Waals surface area contributed by atoms with Gasteiger partial charge in [0.25, 0.3) is 0 Å². The average molecular weight is 249 g/mol. The molecule has 0 aromatic heterocycles. The van der Waals surface area contributed by atoms with Gasteiger partial charge in [-0.15, -0.1) is 0 Å². The minimum Gasteiger partial charge on any atom is -0.396 e. The van der Waals surface area contributed by atoms with Crippen LogP contribution in [-0.4, -0.2) is 30.3 Å². The molecule has 1 aromatic carbocycles. The van der Waals surface area contributed by atoms with Crippen LogP contribution in [0.25, 0.3) is 0 Å². The number of rotatable bonds is 4. The van der Waals surface area contributed by atoms with Crippen molar-refractivity contribution in [3.8, 4) is 0 Å². The number of aliphatic hydroxyl groups excluding tert-OH is 1. The van der Waals surface area contributed by atoms with Crippen molar-refractivity contribution in [2.24, 2.45) is 5.92 Å². The second-order valence-electron chi connectivity index (χ2n) is 4.74. The van der Waals surface area contributed by atoms with E-state index in [9.17, 15) is 4.79 Å². The molecule has 0 bridgehead atoms. The van der Waals surface area contributed by atoms with Crippen molar-refractivity contribution in [3.63, 3.8) is 0 Å². The topological polar surface area (TPSA) is 58.6 Å². The number of hydrogen-bond donors (Lipinski definition) is 2. The van der Waals surface area contributed by atoms with Gasteiger partial charge in [0.05, 0.1) is 18.6 Å². The zero-order chi connectivity index (χ0) is 13.0. The van der Waals surface area contributed by atoms with Crippen LogP contribution in [0.3, 0.4) is 0 Å². The van der Waals surface area contributed by atoms with E-state index in [0.717, 1.165) is 17.7 Å². The Hall–Kier alpha value is -1.39. The van der Waals surface area contributed by atoms with E-state index in [-0.39, 0.29) is 24.5 Å². The van der Waals surface area contributed by atoms with Crippen molar-refractivity contribution < 1.29 is 14.6 Å². The number of aliphatic hydroxyl groups is 1. The molecule has 4 nitrogen and oxygen atoms in total. The quantitative estimate of drug-likeness (QED) is 0.852. The Morgan fingerprint density at radius 1 is 1.44 bits per heavy atom. The molecule has 1 aliphatic rings. The number of amides is 1. The molecule has 98 valence electrons. The molecule has 1 aromatic rings. The fourth-order valence-corrected chi connectivity index (χ4v) is 2.13. The monoisotopic (exact) mass is 249 g/mol. The van der Waals surface area contributed by atoms with Crippen LogP contribution < -0.4 is 5.32 Å². The van der Waals surface area contributed by atoms with E-state index in [0.29, 0.717) is 13.0 Å². The zero-order valence-corrected chi connectivity index (χ0v) is 10.6. The maximum absolute atomic E-state index is 11.9. The number of carbonyl (C=O) groups excluding carboxylic acids is 1. The first-order valence-electron chi connectivity index (χ1n) is 6.31. The van der Waals surface area contributed by atoms with Crippen molar-refractivity contribution in [3.05, 3.63) is 29.8 Å². The summed E-state index contributed by atoms with van der Waals surface area (Å²) >= 11 is 0. The minimum atomic E-state index is -0.0443. The third kappa shape index (κ3) is 3.31. The standard InChI is InChI=1S/C14H19NO3/c1-10-8-12(9-18-10)14(17)15-13-4-2-11(3-5-13)6-7-16/h2-5,10,12,16H,6-9H2,1H3,(H,15,17). The van der Waals surface area contributed by atoms with Gasteiger partial charge in [-0.25, -0.2) is 0 Å². The first-order valence-corrected chi connectivity index (χ1v) is 6.31. The Kier molecular flexibility index (Phi) is 4.33. The second kappa shape index (κ2) is 5.98. The maximum Gasteiger partial charge on any atom is 0.229 e. The smallest absolute Gasteiger partial charge is 0.229 e. The van der Waals surface area contributed by atoms with Crippen molar-refractivity contribution in [2.75, 3.05) is 18.5 Å². The highest BCUT2D eigenvalue weighted by Gasteiger charge is 2.28. The average Bonchev–Trinajstić information content (AvgIpc) is 2.79. The van der Waals surface area contributed by atoms with Crippen LogP contribution in [-0.2, 0) is 16.0 Å². The van der Waals surface area contributed by atoms with E-state index < -0.39 is 0 Å². The molecule has 4 heteroatoms. The largest absolute Gasteiger partial charge is 0.396 e. The molecule has 2 rings (SSSR count). The fraction of sp³-hybridized carbons (Fsp3) is 0.500. The Morgan fingerprint density at radius 3 is 2.72 bits per heavy atom. The number of benzene rings is 1. The molecule has 2 N–H and O–H groups in total. The van der Waals surface area contributed by atoms with Crippen LogP contribution >= 0.6 is 0 Å². The summed E-state index contributed by atoms with van der Waals surface area (Å²) in [5.41, 5.74) is 1.86. The zero-order valence-electron chi connectivity index (χ0n) is 10.6. The Morgan fingerprint density at radius 2 is 2.17 bits per heavy atom. The van der Waals surface area contributed by atoms with Gasteiger partial charge in [-0.1, -0.05) is 12.1 Å². The maximum atomic E-state index is 11.9. The van der Waals surface area contributed by atoms with E-state index in [4.69, 9.17) is 9.84 Å². The van der Waals surface area contributed by atoms with E-state index in [1.165, 1.54) is 0 Å². The van der Waals surface area contributed by atoms with Gasteiger partial charge in [0.2, 0.25) is 5.91 Å². The van der Waals surface area contributed by atoms with E-state index >= 15 is 0 Å². The molecule has 1 fully saturated rings. The van der Waals surface area contributed by atoms with Crippen LogP contribution in [0.15, 0.2) is 24.3 Å². The van der Waals surface area contributed by atoms with Gasteiger partial charge >= 0.3 is 0 Å². The minimum absolute atomic E-state index is 0.0225. The van der Waals surface area contributed by atoms with Crippen LogP contribution in [0.2, 0.25) is 0 Å². The van der Waals surface area contributed by atoms with Gasteiger partial charge in [0.1, 0.15) is 0 Å². The molecule has 0 spiro atoms. The lowest BCUT2D eigenvalue weighted by Crippen LogP contribution is -2.23. The molecule has 0 radical (unpaired) electrons. The van der Waals surface area contributed by atoms with E-state index in [1.54, 1.807) is 0 Å². The number of hydrogen-bond acceptors (Lipinski definition) is 3. The highest BCUT2D eigenvalue weighted by atomic mass is 16.5. The van der Waals surface area contributed by atoms with Crippen LogP contribution in [0.1, 0.15) is 18.9 Å². The first-order chi connectivity index (χ1) is 8.69. The molecular weight excluding hydrogens is 230 g/mol. The Labute approximate surface area is 107 Å². The molecular formula is C14H19NO3. The summed E-state index contributed by atoms with van der Waals surface area (Å²) in [6, 6.07) is 7.56. The molecule has 2 atom stereocenters. The molecule has 18 heavy (non-hydrogen) atoms. The van der Waals surface area contributed by atoms with Gasteiger partial charge in [-0.05, 0) is 37.5 Å². The summed E-state index contributed by atoms with van der Waals surface area (Å²) in [7, 11) is 0. The molecule has 1 heterocycles. The SMILES string of the molecule is CC1CC(C(=O)Nc2ccc(CCO)cc2)CO1. The molecule has 0 aliphatic carbocycles. The summed E-state index contributed by atoms with van der Waals surface area (Å²) < 4.78 is 5.39. The highest BCUT2D eigenvalue weighted by Crippen LogP contribution is 2.21. The lowest BCUT2D eigenvalue weighted by atomic mass is 10.1. The highest BCUT2D eigenvalue weighted by molar-refractivity contribution is 5.92. The van der Waals surface area contributed by atoms with E-state index in [2.05, 4.69) is 5.32 Å². The summed E-state index contributed by atoms with van der Waals surface area (Å²) in [5, 5.41) is 11.7. The number of nitrogens with one attached hydrogen (secondary N) is 1. The van der Waals surface area contributed by atoms with Crippen molar-refractivity contribution in [2.45, 2.75) is 25.9 Å². The molecule has 1 aliphatic heterocycles. The van der Waals surface area contributed by atoms with Crippen LogP contribution in [0.4, 0.5) is 5.69 Å². The van der Waals surface area contributed by atoms with Gasteiger partial charge in [-0.2, -0.15) is 0 Å². The van der Waals surface area contributed by atoms with Crippen LogP contribution in [0.5, 0.6) is 0 Å². The predicted molar refractivity (Wildman–Crippen MR) is 69.4 cm³/mol. The number of anilines is 1. The van der Waals surface area contributed by atoms with Crippen molar-refractivity contribution in [1.29, 1.82) is 0 Å². The Bertz CT molecular complexity index is 402.